The number of hydrogen-bond acceptors (Lipinski definition) is 4. The number of rotatable bonds is 7. The molecule has 0 aliphatic carbocycles. The minimum atomic E-state index is -0.771. The van der Waals surface area contributed by atoms with Crippen LogP contribution in [0.2, 0.25) is 0 Å². The molecule has 0 bridgehead atoms. The number of carbonyl (C=O) groups excluding carboxylic acids is 2. The van der Waals surface area contributed by atoms with E-state index in [1.165, 1.54) is 0 Å². The Hall–Kier alpha value is -0.900. The average Bonchev–Trinajstić information content (AvgIpc) is 2.24. The molecule has 0 rings (SSSR count). The van der Waals surface area contributed by atoms with Crippen molar-refractivity contribution in [3.05, 3.63) is 0 Å². The monoisotopic (exact) mass is 258 g/mol. The van der Waals surface area contributed by atoms with Gasteiger partial charge in [0, 0.05) is 6.61 Å². The Morgan fingerprint density at radius 1 is 1.17 bits per heavy atom. The minimum absolute atomic E-state index is 0.187. The van der Waals surface area contributed by atoms with Gasteiger partial charge in [-0.2, -0.15) is 0 Å². The third-order valence-corrected chi connectivity index (χ3v) is 2.42. The lowest BCUT2D eigenvalue weighted by molar-refractivity contribution is -0.163. The quantitative estimate of drug-likeness (QED) is 0.520. The SMILES string of the molecule is CCCC(OCC)C(=O)C(C)C(=O)OC(C)(C)C. The minimum Gasteiger partial charge on any atom is -0.459 e. The number of ether oxygens (including phenoxy) is 2. The zero-order valence-electron chi connectivity index (χ0n) is 12.4. The molecule has 0 fully saturated rings. The van der Waals surface area contributed by atoms with Crippen molar-refractivity contribution in [2.45, 2.75) is 66.1 Å². The van der Waals surface area contributed by atoms with Crippen LogP contribution >= 0.6 is 0 Å². The van der Waals surface area contributed by atoms with Crippen LogP contribution in [0.5, 0.6) is 0 Å². The summed E-state index contributed by atoms with van der Waals surface area (Å²) in [5.74, 6) is -1.44. The maximum Gasteiger partial charge on any atom is 0.316 e. The van der Waals surface area contributed by atoms with Crippen LogP contribution in [-0.4, -0.2) is 30.1 Å². The van der Waals surface area contributed by atoms with Crippen LogP contribution in [0, 0.1) is 5.92 Å². The highest BCUT2D eigenvalue weighted by molar-refractivity contribution is 6.01. The van der Waals surface area contributed by atoms with Crippen LogP contribution in [0.25, 0.3) is 0 Å². The van der Waals surface area contributed by atoms with Gasteiger partial charge >= 0.3 is 5.97 Å². The number of ketones is 1. The summed E-state index contributed by atoms with van der Waals surface area (Å²) in [6, 6.07) is 0. The van der Waals surface area contributed by atoms with E-state index in [-0.39, 0.29) is 5.78 Å². The van der Waals surface area contributed by atoms with Crippen LogP contribution < -0.4 is 0 Å². The normalized spacial score (nSPS) is 15.0. The van der Waals surface area contributed by atoms with Gasteiger partial charge in [-0.25, -0.2) is 0 Å². The largest absolute Gasteiger partial charge is 0.459 e. The van der Waals surface area contributed by atoms with Crippen molar-refractivity contribution in [3.63, 3.8) is 0 Å². The second-order valence-electron chi connectivity index (χ2n) is 5.39. The first-order valence-corrected chi connectivity index (χ1v) is 6.61. The molecule has 0 saturated carbocycles. The zero-order valence-corrected chi connectivity index (χ0v) is 12.4. The fraction of sp³-hybridized carbons (Fsp3) is 0.857. The molecule has 0 N–H and O–H groups in total. The van der Waals surface area contributed by atoms with Gasteiger partial charge in [0.05, 0.1) is 0 Å². The lowest BCUT2D eigenvalue weighted by atomic mass is 9.98. The third kappa shape index (κ3) is 6.15. The molecule has 0 heterocycles. The van der Waals surface area contributed by atoms with E-state index >= 15 is 0 Å². The van der Waals surface area contributed by atoms with E-state index in [2.05, 4.69) is 0 Å². The first-order chi connectivity index (χ1) is 8.22. The van der Waals surface area contributed by atoms with Crippen LogP contribution in [0.15, 0.2) is 0 Å². The number of Topliss-reactive ketones (excluding diaryl/α,β-unsaturated/α-hetero) is 1. The third-order valence-electron chi connectivity index (χ3n) is 2.42. The van der Waals surface area contributed by atoms with Crippen LogP contribution in [0.1, 0.15) is 54.4 Å². The van der Waals surface area contributed by atoms with E-state index in [1.807, 2.05) is 13.8 Å². The van der Waals surface area contributed by atoms with Gasteiger partial charge in [0.2, 0.25) is 0 Å². The average molecular weight is 258 g/mol. The molecule has 0 spiro atoms. The first-order valence-electron chi connectivity index (χ1n) is 6.61. The molecule has 106 valence electrons. The molecule has 0 amide bonds. The van der Waals surface area contributed by atoms with E-state index in [0.29, 0.717) is 13.0 Å². The maximum atomic E-state index is 12.1. The molecular formula is C14H26O4. The zero-order chi connectivity index (χ0) is 14.3. The molecule has 0 aliphatic rings. The highest BCUT2D eigenvalue weighted by atomic mass is 16.6. The van der Waals surface area contributed by atoms with Crippen molar-refractivity contribution in [1.29, 1.82) is 0 Å². The predicted molar refractivity (Wildman–Crippen MR) is 70.3 cm³/mol. The van der Waals surface area contributed by atoms with Gasteiger partial charge in [-0.3, -0.25) is 9.59 Å². The topological polar surface area (TPSA) is 52.6 Å². The second-order valence-corrected chi connectivity index (χ2v) is 5.39. The van der Waals surface area contributed by atoms with Gasteiger partial charge in [0.1, 0.15) is 17.6 Å². The summed E-state index contributed by atoms with van der Waals surface area (Å²) in [6.45, 7) is 11.2. The molecule has 0 aliphatic heterocycles. The van der Waals surface area contributed by atoms with E-state index in [1.54, 1.807) is 27.7 Å². The Balaban J connectivity index is 4.59. The smallest absolute Gasteiger partial charge is 0.316 e. The van der Waals surface area contributed by atoms with Gasteiger partial charge in [-0.1, -0.05) is 13.3 Å². The molecular weight excluding hydrogens is 232 g/mol. The molecule has 2 atom stereocenters. The lowest BCUT2D eigenvalue weighted by Crippen LogP contribution is -2.37. The van der Waals surface area contributed by atoms with Crippen molar-refractivity contribution < 1.29 is 19.1 Å². The number of hydrogen-bond donors (Lipinski definition) is 0. The van der Waals surface area contributed by atoms with Crippen LogP contribution in [0.4, 0.5) is 0 Å². The fourth-order valence-corrected chi connectivity index (χ4v) is 1.56. The Morgan fingerprint density at radius 2 is 1.72 bits per heavy atom. The molecule has 0 aromatic carbocycles. The van der Waals surface area contributed by atoms with Crippen LogP contribution in [-0.2, 0) is 19.1 Å². The van der Waals surface area contributed by atoms with E-state index in [9.17, 15) is 9.59 Å². The number of carbonyl (C=O) groups is 2. The summed E-state index contributed by atoms with van der Waals surface area (Å²) in [6.07, 6.45) is 0.986. The molecule has 0 radical (unpaired) electrons. The summed E-state index contributed by atoms with van der Waals surface area (Å²) >= 11 is 0. The van der Waals surface area contributed by atoms with Gasteiger partial charge in [0.25, 0.3) is 0 Å². The predicted octanol–water partition coefficient (Wildman–Crippen LogP) is 2.74. The summed E-state index contributed by atoms with van der Waals surface area (Å²) in [5, 5.41) is 0. The Kier molecular flexibility index (Phi) is 7.14. The molecule has 0 aromatic heterocycles. The highest BCUT2D eigenvalue weighted by Gasteiger charge is 2.31. The molecule has 4 heteroatoms. The lowest BCUT2D eigenvalue weighted by Gasteiger charge is -2.23. The molecule has 18 heavy (non-hydrogen) atoms. The fourth-order valence-electron chi connectivity index (χ4n) is 1.56. The Bertz CT molecular complexity index is 272. The summed E-state index contributed by atoms with van der Waals surface area (Å²) in [4.78, 5) is 23.9. The van der Waals surface area contributed by atoms with Gasteiger partial charge in [-0.15, -0.1) is 0 Å². The number of esters is 1. The van der Waals surface area contributed by atoms with Crippen molar-refractivity contribution in [3.8, 4) is 0 Å². The van der Waals surface area contributed by atoms with Crippen molar-refractivity contribution in [2.24, 2.45) is 5.92 Å². The molecule has 0 saturated heterocycles. The van der Waals surface area contributed by atoms with E-state index in [0.717, 1.165) is 6.42 Å². The van der Waals surface area contributed by atoms with Crippen molar-refractivity contribution >= 4 is 11.8 Å². The summed E-state index contributed by atoms with van der Waals surface area (Å²) in [7, 11) is 0. The van der Waals surface area contributed by atoms with Gasteiger partial charge in [-0.05, 0) is 41.0 Å². The van der Waals surface area contributed by atoms with Gasteiger partial charge in [0.15, 0.2) is 5.78 Å². The molecule has 0 aromatic rings. The van der Waals surface area contributed by atoms with E-state index < -0.39 is 23.6 Å². The first kappa shape index (κ1) is 17.1. The summed E-state index contributed by atoms with van der Waals surface area (Å²) < 4.78 is 10.6. The maximum absolute atomic E-state index is 12.1. The Labute approximate surface area is 110 Å². The van der Waals surface area contributed by atoms with Crippen LogP contribution in [0.3, 0.4) is 0 Å². The van der Waals surface area contributed by atoms with Gasteiger partial charge < -0.3 is 9.47 Å². The highest BCUT2D eigenvalue weighted by Crippen LogP contribution is 2.15. The molecule has 2 unspecified atom stereocenters. The van der Waals surface area contributed by atoms with Crippen molar-refractivity contribution in [2.75, 3.05) is 6.61 Å². The second kappa shape index (κ2) is 7.52. The van der Waals surface area contributed by atoms with Crippen molar-refractivity contribution in [1.82, 2.24) is 0 Å². The molecule has 4 nitrogen and oxygen atoms in total. The summed E-state index contributed by atoms with van der Waals surface area (Å²) in [5.41, 5.74) is -0.572. The standard InChI is InChI=1S/C14H26O4/c1-7-9-11(17-8-2)12(15)10(3)13(16)18-14(4,5)6/h10-11H,7-9H2,1-6H3. The Morgan fingerprint density at radius 3 is 2.11 bits per heavy atom. The van der Waals surface area contributed by atoms with E-state index in [4.69, 9.17) is 9.47 Å².